The first-order valence-electron chi connectivity index (χ1n) is 10.1. The van der Waals surface area contributed by atoms with E-state index in [9.17, 15) is 14.4 Å². The van der Waals surface area contributed by atoms with E-state index in [0.29, 0.717) is 17.0 Å². The van der Waals surface area contributed by atoms with Gasteiger partial charge in [-0.05, 0) is 86.9 Å². The zero-order valence-electron chi connectivity index (χ0n) is 18.3. The molecule has 166 valence electrons. The fourth-order valence-electron chi connectivity index (χ4n) is 3.02. The summed E-state index contributed by atoms with van der Waals surface area (Å²) in [4.78, 5) is 38.5. The van der Waals surface area contributed by atoms with Crippen molar-refractivity contribution >= 4 is 46.9 Å². The lowest BCUT2D eigenvalue weighted by Gasteiger charge is -2.29. The minimum Gasteiger partial charge on any atom is -0.482 e. The predicted octanol–water partition coefficient (Wildman–Crippen LogP) is 3.47. The Morgan fingerprint density at radius 2 is 1.78 bits per heavy atom. The summed E-state index contributed by atoms with van der Waals surface area (Å²) < 4.78 is 10.4. The van der Waals surface area contributed by atoms with E-state index in [1.54, 1.807) is 44.2 Å². The largest absolute Gasteiger partial charge is 0.482 e. The van der Waals surface area contributed by atoms with E-state index < -0.39 is 17.8 Å². The third-order valence-corrected chi connectivity index (χ3v) is 5.05. The number of hydrogen-bond acceptors (Lipinski definition) is 6. The van der Waals surface area contributed by atoms with Crippen molar-refractivity contribution in [2.75, 3.05) is 11.5 Å². The first-order valence-corrected chi connectivity index (χ1v) is 10.5. The highest BCUT2D eigenvalue weighted by Gasteiger charge is 2.34. The molecule has 7 nitrogen and oxygen atoms in total. The van der Waals surface area contributed by atoms with Crippen LogP contribution in [0.5, 0.6) is 5.75 Å². The normalized spacial score (nSPS) is 15.2. The molecular formula is C24H24N2O5S. The van der Waals surface area contributed by atoms with E-state index in [-0.39, 0.29) is 23.4 Å². The maximum atomic E-state index is 13.1. The second kappa shape index (κ2) is 9.74. The molecule has 1 aliphatic rings. The second-order valence-electron chi connectivity index (χ2n) is 7.62. The van der Waals surface area contributed by atoms with Gasteiger partial charge in [0, 0.05) is 0 Å². The maximum Gasteiger partial charge on any atom is 0.344 e. The zero-order chi connectivity index (χ0) is 23.4. The Balaban J connectivity index is 1.78. The van der Waals surface area contributed by atoms with Gasteiger partial charge in [0.05, 0.1) is 11.8 Å². The first kappa shape index (κ1) is 23.1. The molecule has 0 radical (unpaired) electrons. The Morgan fingerprint density at radius 1 is 1.09 bits per heavy atom. The quantitative estimate of drug-likeness (QED) is 0.313. The number of nitrogens with zero attached hydrogens (tertiary/aromatic N) is 1. The molecule has 2 amide bonds. The number of carbonyl (C=O) groups is 3. The van der Waals surface area contributed by atoms with E-state index >= 15 is 0 Å². The number of anilines is 1. The molecule has 0 spiro atoms. The summed E-state index contributed by atoms with van der Waals surface area (Å²) in [6.07, 6.45) is 1.28. The van der Waals surface area contributed by atoms with Gasteiger partial charge in [-0.25, -0.2) is 4.79 Å². The summed E-state index contributed by atoms with van der Waals surface area (Å²) in [6, 6.07) is 12.2. The monoisotopic (exact) mass is 452 g/mol. The Kier molecular flexibility index (Phi) is 7.05. The van der Waals surface area contributed by atoms with Gasteiger partial charge in [-0.3, -0.25) is 19.8 Å². The molecule has 32 heavy (non-hydrogen) atoms. The summed E-state index contributed by atoms with van der Waals surface area (Å²) in [7, 11) is 0. The van der Waals surface area contributed by atoms with Gasteiger partial charge in [0.25, 0.3) is 11.8 Å². The minimum atomic E-state index is -0.558. The zero-order valence-corrected chi connectivity index (χ0v) is 19.1. The van der Waals surface area contributed by atoms with E-state index in [2.05, 4.69) is 5.32 Å². The average molecular weight is 453 g/mol. The Hall–Kier alpha value is -3.52. The third-order valence-electron chi connectivity index (χ3n) is 4.77. The molecule has 0 saturated carbocycles. The van der Waals surface area contributed by atoms with Crippen molar-refractivity contribution < 1.29 is 23.9 Å². The number of aryl methyl sites for hydroxylation is 2. The van der Waals surface area contributed by atoms with Crippen LogP contribution in [0.25, 0.3) is 6.08 Å². The van der Waals surface area contributed by atoms with Crippen LogP contribution in [0.3, 0.4) is 0 Å². The van der Waals surface area contributed by atoms with Crippen LogP contribution in [-0.4, -0.2) is 35.6 Å². The van der Waals surface area contributed by atoms with Crippen molar-refractivity contribution in [1.82, 2.24) is 5.32 Å². The fourth-order valence-corrected chi connectivity index (χ4v) is 3.30. The van der Waals surface area contributed by atoms with E-state index in [4.69, 9.17) is 21.7 Å². The Morgan fingerprint density at radius 3 is 2.41 bits per heavy atom. The molecule has 0 bridgehead atoms. The van der Waals surface area contributed by atoms with Crippen LogP contribution in [-0.2, 0) is 19.1 Å². The molecule has 0 unspecified atom stereocenters. The predicted molar refractivity (Wildman–Crippen MR) is 125 cm³/mol. The molecule has 0 atom stereocenters. The molecule has 8 heteroatoms. The molecule has 0 aliphatic carbocycles. The van der Waals surface area contributed by atoms with Crippen LogP contribution in [0.4, 0.5) is 5.69 Å². The van der Waals surface area contributed by atoms with Crippen LogP contribution in [0.2, 0.25) is 0 Å². The van der Waals surface area contributed by atoms with Crippen molar-refractivity contribution in [3.63, 3.8) is 0 Å². The van der Waals surface area contributed by atoms with E-state index in [1.165, 1.54) is 11.0 Å². The van der Waals surface area contributed by atoms with Gasteiger partial charge in [-0.2, -0.15) is 0 Å². The molecular weight excluding hydrogens is 428 g/mol. The molecule has 0 aromatic heterocycles. The summed E-state index contributed by atoms with van der Waals surface area (Å²) in [5.41, 5.74) is 3.27. The summed E-state index contributed by atoms with van der Waals surface area (Å²) in [5, 5.41) is 2.61. The molecule has 1 heterocycles. The standard InChI is InChI=1S/C24H24N2O5S/c1-14(2)31-21(27)13-30-19-9-6-17(7-10-19)12-20-22(28)25-24(32)26(23(20)29)18-8-5-15(3)16(4)11-18/h5-12,14H,13H2,1-4H3,(H,25,28,32)/b20-12+. The molecule has 3 rings (SSSR count). The lowest BCUT2D eigenvalue weighted by molar-refractivity contribution is -0.149. The number of rotatable bonds is 6. The average Bonchev–Trinajstić information content (AvgIpc) is 2.72. The summed E-state index contributed by atoms with van der Waals surface area (Å²) >= 11 is 5.24. The van der Waals surface area contributed by atoms with Gasteiger partial charge in [-0.15, -0.1) is 0 Å². The van der Waals surface area contributed by atoms with Gasteiger partial charge in [0.1, 0.15) is 11.3 Å². The number of hydrogen-bond donors (Lipinski definition) is 1. The van der Waals surface area contributed by atoms with Crippen molar-refractivity contribution in [2.45, 2.75) is 33.8 Å². The lowest BCUT2D eigenvalue weighted by atomic mass is 10.1. The fraction of sp³-hybridized carbons (Fsp3) is 0.250. The van der Waals surface area contributed by atoms with Crippen molar-refractivity contribution in [3.05, 3.63) is 64.7 Å². The molecule has 1 aliphatic heterocycles. The Bertz CT molecular complexity index is 1110. The minimum absolute atomic E-state index is 0.0361. The van der Waals surface area contributed by atoms with Gasteiger partial charge in [-0.1, -0.05) is 18.2 Å². The maximum absolute atomic E-state index is 13.1. The second-order valence-corrected chi connectivity index (χ2v) is 8.01. The number of esters is 1. The number of amides is 2. The number of benzene rings is 2. The summed E-state index contributed by atoms with van der Waals surface area (Å²) in [5.74, 6) is -1.06. The number of nitrogens with one attached hydrogen (secondary N) is 1. The topological polar surface area (TPSA) is 84.9 Å². The highest BCUT2D eigenvalue weighted by molar-refractivity contribution is 7.80. The molecule has 1 N–H and O–H groups in total. The van der Waals surface area contributed by atoms with E-state index in [0.717, 1.165) is 11.1 Å². The smallest absolute Gasteiger partial charge is 0.344 e. The highest BCUT2D eigenvalue weighted by atomic mass is 32.1. The van der Waals surface area contributed by atoms with Crippen molar-refractivity contribution in [3.8, 4) is 5.75 Å². The van der Waals surface area contributed by atoms with Gasteiger partial charge < -0.3 is 9.47 Å². The van der Waals surface area contributed by atoms with Crippen LogP contribution in [0.15, 0.2) is 48.0 Å². The van der Waals surface area contributed by atoms with Crippen LogP contribution < -0.4 is 15.0 Å². The molecule has 2 aromatic rings. The summed E-state index contributed by atoms with van der Waals surface area (Å²) in [6.45, 7) is 7.23. The van der Waals surface area contributed by atoms with E-state index in [1.807, 2.05) is 26.0 Å². The van der Waals surface area contributed by atoms with Crippen LogP contribution >= 0.6 is 12.2 Å². The van der Waals surface area contributed by atoms with Crippen LogP contribution in [0, 0.1) is 13.8 Å². The molecule has 1 saturated heterocycles. The van der Waals surface area contributed by atoms with Crippen molar-refractivity contribution in [2.24, 2.45) is 0 Å². The SMILES string of the molecule is Cc1ccc(N2C(=O)/C(=C/c3ccc(OCC(=O)OC(C)C)cc3)C(=O)NC2=S)cc1C. The third kappa shape index (κ3) is 5.39. The Labute approximate surface area is 192 Å². The number of ether oxygens (including phenoxy) is 2. The molecule has 2 aromatic carbocycles. The number of carbonyl (C=O) groups excluding carboxylic acids is 3. The lowest BCUT2D eigenvalue weighted by Crippen LogP contribution is -2.54. The van der Waals surface area contributed by atoms with Gasteiger partial charge in [0.2, 0.25) is 0 Å². The molecule has 1 fully saturated rings. The van der Waals surface area contributed by atoms with Crippen molar-refractivity contribution in [1.29, 1.82) is 0 Å². The van der Waals surface area contributed by atoms with Crippen LogP contribution in [0.1, 0.15) is 30.5 Å². The highest BCUT2D eigenvalue weighted by Crippen LogP contribution is 2.24. The van der Waals surface area contributed by atoms with Gasteiger partial charge in [0.15, 0.2) is 11.7 Å². The van der Waals surface area contributed by atoms with Gasteiger partial charge >= 0.3 is 5.97 Å². The number of thiocarbonyl (C=S) groups is 1. The first-order chi connectivity index (χ1) is 15.2.